The maximum Gasteiger partial charge on any atom is 0.251 e. The van der Waals surface area contributed by atoms with E-state index < -0.39 is 0 Å². The lowest BCUT2D eigenvalue weighted by molar-refractivity contribution is 0.0935. The van der Waals surface area contributed by atoms with Crippen molar-refractivity contribution in [2.45, 2.75) is 13.0 Å². The molecule has 0 radical (unpaired) electrons. The molecule has 0 spiro atoms. The van der Waals surface area contributed by atoms with Gasteiger partial charge in [-0.25, -0.2) is 0 Å². The van der Waals surface area contributed by atoms with Crippen LogP contribution in [0.1, 0.15) is 29.1 Å². The van der Waals surface area contributed by atoms with Gasteiger partial charge in [0.2, 0.25) is 0 Å². The molecule has 4 nitrogen and oxygen atoms in total. The second-order valence-corrected chi connectivity index (χ2v) is 4.85. The van der Waals surface area contributed by atoms with Gasteiger partial charge in [-0.1, -0.05) is 0 Å². The lowest BCUT2D eigenvalue weighted by Gasteiger charge is -2.12. The zero-order valence-electron chi connectivity index (χ0n) is 11.7. The van der Waals surface area contributed by atoms with Gasteiger partial charge in [0.1, 0.15) is 5.76 Å². The van der Waals surface area contributed by atoms with E-state index in [1.807, 2.05) is 72.4 Å². The number of nitrogens with one attached hydrogen (secondary N) is 1. The predicted octanol–water partition coefficient (Wildman–Crippen LogP) is 3.56. The van der Waals surface area contributed by atoms with Crippen molar-refractivity contribution in [3.8, 4) is 5.69 Å². The molecule has 21 heavy (non-hydrogen) atoms. The predicted molar refractivity (Wildman–Crippen MR) is 80.4 cm³/mol. The Kier molecular flexibility index (Phi) is 3.60. The van der Waals surface area contributed by atoms with Crippen molar-refractivity contribution < 1.29 is 9.21 Å². The van der Waals surface area contributed by atoms with Gasteiger partial charge in [0, 0.05) is 23.6 Å². The molecule has 1 amide bonds. The minimum atomic E-state index is -0.156. The Labute approximate surface area is 123 Å². The van der Waals surface area contributed by atoms with Crippen molar-refractivity contribution in [3.05, 3.63) is 78.5 Å². The summed E-state index contributed by atoms with van der Waals surface area (Å²) in [5.41, 5.74) is 1.65. The Balaban J connectivity index is 1.70. The number of hydrogen-bond donors (Lipinski definition) is 1. The minimum absolute atomic E-state index is 0.113. The van der Waals surface area contributed by atoms with Crippen LogP contribution < -0.4 is 5.32 Å². The number of rotatable bonds is 4. The highest BCUT2D eigenvalue weighted by Crippen LogP contribution is 2.14. The molecule has 0 bridgehead atoms. The highest BCUT2D eigenvalue weighted by molar-refractivity contribution is 5.94. The van der Waals surface area contributed by atoms with Crippen LogP contribution in [0.25, 0.3) is 5.69 Å². The van der Waals surface area contributed by atoms with Gasteiger partial charge in [0.05, 0.1) is 12.3 Å². The smallest absolute Gasteiger partial charge is 0.251 e. The summed E-state index contributed by atoms with van der Waals surface area (Å²) in [5.74, 6) is 0.630. The Morgan fingerprint density at radius 3 is 2.43 bits per heavy atom. The molecule has 3 rings (SSSR count). The molecule has 2 heterocycles. The van der Waals surface area contributed by atoms with E-state index in [0.29, 0.717) is 5.56 Å². The first-order valence-electron chi connectivity index (χ1n) is 6.82. The van der Waals surface area contributed by atoms with Gasteiger partial charge >= 0.3 is 0 Å². The topological polar surface area (TPSA) is 47.2 Å². The molecule has 0 aliphatic heterocycles. The van der Waals surface area contributed by atoms with Gasteiger partial charge in [0.25, 0.3) is 5.91 Å². The van der Waals surface area contributed by atoms with E-state index in [-0.39, 0.29) is 11.9 Å². The van der Waals surface area contributed by atoms with Crippen molar-refractivity contribution in [2.24, 2.45) is 0 Å². The number of carbonyl (C=O) groups is 1. The number of furan rings is 1. The Morgan fingerprint density at radius 2 is 1.81 bits per heavy atom. The molecule has 1 atom stereocenters. The van der Waals surface area contributed by atoms with Crippen molar-refractivity contribution in [1.29, 1.82) is 0 Å². The fourth-order valence-corrected chi connectivity index (χ4v) is 2.18. The van der Waals surface area contributed by atoms with Gasteiger partial charge in [-0.3, -0.25) is 4.79 Å². The van der Waals surface area contributed by atoms with Crippen molar-refractivity contribution in [1.82, 2.24) is 9.88 Å². The van der Waals surface area contributed by atoms with Crippen LogP contribution in [0.15, 0.2) is 71.6 Å². The van der Waals surface area contributed by atoms with Gasteiger partial charge < -0.3 is 14.3 Å². The number of amides is 1. The van der Waals surface area contributed by atoms with Gasteiger partial charge in [-0.2, -0.15) is 0 Å². The molecule has 1 N–H and O–H groups in total. The summed E-state index contributed by atoms with van der Waals surface area (Å²) in [6, 6.07) is 14.9. The SMILES string of the molecule is C[C@@H](NC(=O)c1ccc(-n2cccc2)cc1)c1ccco1. The fraction of sp³-hybridized carbons (Fsp3) is 0.118. The van der Waals surface area contributed by atoms with Gasteiger partial charge in [-0.05, 0) is 55.5 Å². The number of nitrogens with zero attached hydrogens (tertiary/aromatic N) is 1. The summed E-state index contributed by atoms with van der Waals surface area (Å²) < 4.78 is 7.28. The number of hydrogen-bond acceptors (Lipinski definition) is 2. The standard InChI is InChI=1S/C17H16N2O2/c1-13(16-5-4-12-21-16)18-17(20)14-6-8-15(9-7-14)19-10-2-3-11-19/h2-13H,1H3,(H,18,20)/t13-/m1/s1. The van der Waals surface area contributed by atoms with E-state index in [2.05, 4.69) is 5.32 Å². The molecule has 0 aliphatic carbocycles. The maximum atomic E-state index is 12.2. The zero-order chi connectivity index (χ0) is 14.7. The van der Waals surface area contributed by atoms with E-state index in [0.717, 1.165) is 11.4 Å². The van der Waals surface area contributed by atoms with Crippen LogP contribution in [0.5, 0.6) is 0 Å². The first-order valence-corrected chi connectivity index (χ1v) is 6.82. The number of aromatic nitrogens is 1. The number of benzene rings is 1. The maximum absolute atomic E-state index is 12.2. The third-order valence-electron chi connectivity index (χ3n) is 3.35. The molecule has 106 valence electrons. The normalized spacial score (nSPS) is 12.0. The summed E-state index contributed by atoms with van der Waals surface area (Å²) >= 11 is 0. The molecule has 2 aromatic heterocycles. The molecule has 0 saturated carbocycles. The quantitative estimate of drug-likeness (QED) is 0.794. The Bertz CT molecular complexity index is 698. The first kappa shape index (κ1) is 13.2. The second kappa shape index (κ2) is 5.71. The fourth-order valence-electron chi connectivity index (χ4n) is 2.18. The van der Waals surface area contributed by atoms with Crippen LogP contribution in [-0.2, 0) is 0 Å². The Morgan fingerprint density at radius 1 is 1.10 bits per heavy atom. The summed E-state index contributed by atoms with van der Waals surface area (Å²) in [6.45, 7) is 1.89. The van der Waals surface area contributed by atoms with E-state index in [1.165, 1.54) is 0 Å². The monoisotopic (exact) mass is 280 g/mol. The molecule has 0 saturated heterocycles. The third-order valence-corrected chi connectivity index (χ3v) is 3.35. The molecule has 0 fully saturated rings. The Hall–Kier alpha value is -2.75. The van der Waals surface area contributed by atoms with Crippen LogP contribution >= 0.6 is 0 Å². The van der Waals surface area contributed by atoms with Gasteiger partial charge in [-0.15, -0.1) is 0 Å². The van der Waals surface area contributed by atoms with E-state index in [1.54, 1.807) is 6.26 Å². The molecule has 4 heteroatoms. The molecular weight excluding hydrogens is 264 g/mol. The van der Waals surface area contributed by atoms with Crippen LogP contribution in [0.3, 0.4) is 0 Å². The number of carbonyl (C=O) groups excluding carboxylic acids is 1. The van der Waals surface area contributed by atoms with Crippen LogP contribution in [0, 0.1) is 0 Å². The van der Waals surface area contributed by atoms with E-state index in [4.69, 9.17) is 4.42 Å². The summed E-state index contributed by atoms with van der Waals surface area (Å²) in [5, 5.41) is 2.91. The van der Waals surface area contributed by atoms with Crippen LogP contribution in [0.4, 0.5) is 0 Å². The zero-order valence-corrected chi connectivity index (χ0v) is 11.7. The highest BCUT2D eigenvalue weighted by Gasteiger charge is 2.13. The van der Waals surface area contributed by atoms with Crippen LogP contribution in [-0.4, -0.2) is 10.5 Å². The summed E-state index contributed by atoms with van der Waals surface area (Å²) in [7, 11) is 0. The van der Waals surface area contributed by atoms with Crippen molar-refractivity contribution >= 4 is 5.91 Å². The molecule has 3 aromatic rings. The molecule has 1 aromatic carbocycles. The van der Waals surface area contributed by atoms with Crippen molar-refractivity contribution in [2.75, 3.05) is 0 Å². The highest BCUT2D eigenvalue weighted by atomic mass is 16.3. The summed E-state index contributed by atoms with van der Waals surface area (Å²) in [4.78, 5) is 12.2. The average Bonchev–Trinajstić information content (AvgIpc) is 3.20. The van der Waals surface area contributed by atoms with Gasteiger partial charge in [0.15, 0.2) is 0 Å². The van der Waals surface area contributed by atoms with Crippen molar-refractivity contribution in [3.63, 3.8) is 0 Å². The lowest BCUT2D eigenvalue weighted by atomic mass is 10.1. The lowest BCUT2D eigenvalue weighted by Crippen LogP contribution is -2.26. The molecule has 0 aliphatic rings. The molecular formula is C17H16N2O2. The average molecular weight is 280 g/mol. The second-order valence-electron chi connectivity index (χ2n) is 4.85. The molecule has 0 unspecified atom stereocenters. The van der Waals surface area contributed by atoms with E-state index >= 15 is 0 Å². The first-order chi connectivity index (χ1) is 10.2. The van der Waals surface area contributed by atoms with E-state index in [9.17, 15) is 4.79 Å². The minimum Gasteiger partial charge on any atom is -0.467 e. The van der Waals surface area contributed by atoms with Crippen LogP contribution in [0.2, 0.25) is 0 Å². The third kappa shape index (κ3) is 2.89. The largest absolute Gasteiger partial charge is 0.467 e. The summed E-state index contributed by atoms with van der Waals surface area (Å²) in [6.07, 6.45) is 5.53.